The van der Waals surface area contributed by atoms with E-state index >= 15 is 0 Å². The molecule has 3 aromatic carbocycles. The number of carbonyl (C=O) groups excluding carboxylic acids is 2. The number of ether oxygens (including phenoxy) is 2. The van der Waals surface area contributed by atoms with Gasteiger partial charge in [0.15, 0.2) is 6.10 Å². The Morgan fingerprint density at radius 1 is 1.10 bits per heavy atom. The Morgan fingerprint density at radius 3 is 2.58 bits per heavy atom. The summed E-state index contributed by atoms with van der Waals surface area (Å²) >= 11 is 3.36. The highest BCUT2D eigenvalue weighted by atomic mass is 79.9. The number of hydrogen-bond donors (Lipinski definition) is 1. The first-order valence-corrected chi connectivity index (χ1v) is 10.7. The number of para-hydroxylation sites is 1. The molecular weight excluding hydrogens is 460 g/mol. The highest BCUT2D eigenvalue weighted by Gasteiger charge is 2.31. The predicted octanol–water partition coefficient (Wildman–Crippen LogP) is 4.89. The van der Waals surface area contributed by atoms with Crippen molar-refractivity contribution >= 4 is 39.1 Å². The summed E-state index contributed by atoms with van der Waals surface area (Å²) in [4.78, 5) is 27.0. The molecule has 7 heteroatoms. The monoisotopic (exact) mass is 480 g/mol. The molecule has 158 valence electrons. The zero-order chi connectivity index (χ0) is 21.8. The maximum absolute atomic E-state index is 12.8. The molecule has 6 nitrogen and oxygen atoms in total. The van der Waals surface area contributed by atoms with Crippen LogP contribution >= 0.6 is 15.9 Å². The van der Waals surface area contributed by atoms with E-state index in [0.717, 1.165) is 10.2 Å². The second-order valence-corrected chi connectivity index (χ2v) is 7.97. The summed E-state index contributed by atoms with van der Waals surface area (Å²) in [5, 5.41) is 2.88. The van der Waals surface area contributed by atoms with Gasteiger partial charge in [0.1, 0.15) is 18.1 Å². The van der Waals surface area contributed by atoms with Gasteiger partial charge in [0.05, 0.1) is 12.2 Å². The standard InChI is InChI=1S/C24H21BrN2O4/c1-16-24(29)27(13-14-30-20-5-3-2-4-6-20)21-15-19(11-12-22(21)31-16)26-23(28)17-7-9-18(25)10-8-17/h2-12,15-16H,13-14H2,1H3,(H,26,28). The van der Waals surface area contributed by atoms with Crippen LogP contribution < -0.4 is 19.7 Å². The first-order valence-electron chi connectivity index (χ1n) is 9.88. The average molecular weight is 481 g/mol. The Balaban J connectivity index is 1.51. The second kappa shape index (κ2) is 9.22. The van der Waals surface area contributed by atoms with Crippen molar-refractivity contribution in [1.82, 2.24) is 0 Å². The van der Waals surface area contributed by atoms with Gasteiger partial charge >= 0.3 is 0 Å². The van der Waals surface area contributed by atoms with Crippen molar-refractivity contribution in [3.05, 3.63) is 82.8 Å². The minimum absolute atomic E-state index is 0.152. The van der Waals surface area contributed by atoms with E-state index in [1.54, 1.807) is 42.2 Å². The summed E-state index contributed by atoms with van der Waals surface area (Å²) in [6.07, 6.45) is -0.590. The van der Waals surface area contributed by atoms with Crippen molar-refractivity contribution in [2.24, 2.45) is 0 Å². The van der Waals surface area contributed by atoms with Crippen LogP contribution in [0.5, 0.6) is 11.5 Å². The summed E-state index contributed by atoms with van der Waals surface area (Å²) in [5.41, 5.74) is 1.72. The Morgan fingerprint density at radius 2 is 1.84 bits per heavy atom. The first kappa shape index (κ1) is 20.9. The molecule has 0 bridgehead atoms. The van der Waals surface area contributed by atoms with E-state index in [1.807, 2.05) is 42.5 Å². The third-order valence-electron chi connectivity index (χ3n) is 4.86. The van der Waals surface area contributed by atoms with Crippen molar-refractivity contribution < 1.29 is 19.1 Å². The summed E-state index contributed by atoms with van der Waals surface area (Å²) in [6, 6.07) is 21.8. The molecule has 2 amide bonds. The predicted molar refractivity (Wildman–Crippen MR) is 123 cm³/mol. The second-order valence-electron chi connectivity index (χ2n) is 7.05. The fourth-order valence-electron chi connectivity index (χ4n) is 3.29. The molecule has 0 aliphatic carbocycles. The topological polar surface area (TPSA) is 67.9 Å². The quantitative estimate of drug-likeness (QED) is 0.544. The van der Waals surface area contributed by atoms with E-state index < -0.39 is 6.10 Å². The Bertz CT molecular complexity index is 1090. The van der Waals surface area contributed by atoms with Gasteiger partial charge in [-0.1, -0.05) is 34.1 Å². The van der Waals surface area contributed by atoms with Crippen LogP contribution in [0.1, 0.15) is 17.3 Å². The molecule has 1 aliphatic heterocycles. The van der Waals surface area contributed by atoms with E-state index in [2.05, 4.69) is 21.2 Å². The van der Waals surface area contributed by atoms with Gasteiger partial charge in [-0.2, -0.15) is 0 Å². The summed E-state index contributed by atoms with van der Waals surface area (Å²) < 4.78 is 12.4. The number of rotatable bonds is 6. The van der Waals surface area contributed by atoms with Crippen LogP contribution in [0.4, 0.5) is 11.4 Å². The van der Waals surface area contributed by atoms with E-state index in [9.17, 15) is 9.59 Å². The Hall–Kier alpha value is -3.32. The van der Waals surface area contributed by atoms with Crippen LogP contribution in [-0.2, 0) is 4.79 Å². The molecule has 0 saturated heterocycles. The van der Waals surface area contributed by atoms with Crippen molar-refractivity contribution in [3.8, 4) is 11.5 Å². The van der Waals surface area contributed by atoms with Gasteiger partial charge in [0, 0.05) is 15.7 Å². The molecule has 3 aromatic rings. The Kier molecular flexibility index (Phi) is 6.23. The number of fused-ring (bicyclic) bond motifs is 1. The molecule has 0 spiro atoms. The SMILES string of the molecule is CC1Oc2ccc(NC(=O)c3ccc(Br)cc3)cc2N(CCOc2ccccc2)C1=O. The third kappa shape index (κ3) is 4.88. The van der Waals surface area contributed by atoms with Crippen molar-refractivity contribution in [2.45, 2.75) is 13.0 Å². The van der Waals surface area contributed by atoms with Gasteiger partial charge in [-0.3, -0.25) is 9.59 Å². The normalized spacial score (nSPS) is 15.1. The molecule has 0 aromatic heterocycles. The molecule has 1 N–H and O–H groups in total. The van der Waals surface area contributed by atoms with Gasteiger partial charge in [-0.05, 0) is 61.5 Å². The summed E-state index contributed by atoms with van der Waals surface area (Å²) in [7, 11) is 0. The van der Waals surface area contributed by atoms with Crippen LogP contribution in [0.3, 0.4) is 0 Å². The third-order valence-corrected chi connectivity index (χ3v) is 5.39. The molecule has 0 saturated carbocycles. The molecule has 0 fully saturated rings. The van der Waals surface area contributed by atoms with Gasteiger partial charge in [-0.15, -0.1) is 0 Å². The lowest BCUT2D eigenvalue weighted by molar-refractivity contribution is -0.125. The van der Waals surface area contributed by atoms with Crippen LogP contribution in [0.15, 0.2) is 77.3 Å². The zero-order valence-corrected chi connectivity index (χ0v) is 18.5. The molecule has 0 radical (unpaired) electrons. The first-order chi connectivity index (χ1) is 15.0. The molecule has 4 rings (SSSR count). The van der Waals surface area contributed by atoms with Crippen molar-refractivity contribution in [2.75, 3.05) is 23.4 Å². The lowest BCUT2D eigenvalue weighted by atomic mass is 10.1. The summed E-state index contributed by atoms with van der Waals surface area (Å²) in [6.45, 7) is 2.41. The largest absolute Gasteiger partial charge is 0.492 e. The minimum atomic E-state index is -0.590. The number of nitrogens with zero attached hydrogens (tertiary/aromatic N) is 1. The van der Waals surface area contributed by atoms with E-state index in [-0.39, 0.29) is 11.8 Å². The maximum Gasteiger partial charge on any atom is 0.267 e. The highest BCUT2D eigenvalue weighted by Crippen LogP contribution is 2.36. The average Bonchev–Trinajstić information content (AvgIpc) is 2.78. The van der Waals surface area contributed by atoms with Crippen LogP contribution in [-0.4, -0.2) is 31.1 Å². The maximum atomic E-state index is 12.8. The van der Waals surface area contributed by atoms with Gasteiger partial charge < -0.3 is 19.7 Å². The molecule has 1 aliphatic rings. The van der Waals surface area contributed by atoms with Gasteiger partial charge in [0.25, 0.3) is 11.8 Å². The fraction of sp³-hybridized carbons (Fsp3) is 0.167. The number of benzene rings is 3. The zero-order valence-electron chi connectivity index (χ0n) is 16.9. The highest BCUT2D eigenvalue weighted by molar-refractivity contribution is 9.10. The van der Waals surface area contributed by atoms with E-state index in [1.165, 1.54) is 0 Å². The number of anilines is 2. The van der Waals surface area contributed by atoms with Crippen LogP contribution in [0, 0.1) is 0 Å². The molecule has 1 atom stereocenters. The van der Waals surface area contributed by atoms with E-state index in [4.69, 9.17) is 9.47 Å². The molecular formula is C24H21BrN2O4. The number of carbonyl (C=O) groups is 2. The number of amides is 2. The minimum Gasteiger partial charge on any atom is -0.492 e. The lowest BCUT2D eigenvalue weighted by Gasteiger charge is -2.33. The van der Waals surface area contributed by atoms with Crippen molar-refractivity contribution in [3.63, 3.8) is 0 Å². The number of nitrogens with one attached hydrogen (secondary N) is 1. The fourth-order valence-corrected chi connectivity index (χ4v) is 3.56. The van der Waals surface area contributed by atoms with Crippen molar-refractivity contribution in [1.29, 1.82) is 0 Å². The molecule has 31 heavy (non-hydrogen) atoms. The van der Waals surface area contributed by atoms with E-state index in [0.29, 0.717) is 35.8 Å². The smallest absolute Gasteiger partial charge is 0.267 e. The van der Waals surface area contributed by atoms with Gasteiger partial charge in [-0.25, -0.2) is 0 Å². The number of hydrogen-bond acceptors (Lipinski definition) is 4. The molecule has 1 unspecified atom stereocenters. The van der Waals surface area contributed by atoms with Crippen LogP contribution in [0.25, 0.3) is 0 Å². The molecule has 1 heterocycles. The Labute approximate surface area is 188 Å². The van der Waals surface area contributed by atoms with Crippen LogP contribution in [0.2, 0.25) is 0 Å². The number of halogens is 1. The summed E-state index contributed by atoms with van der Waals surface area (Å²) in [5.74, 6) is 0.948. The lowest BCUT2D eigenvalue weighted by Crippen LogP contribution is -2.46. The van der Waals surface area contributed by atoms with Gasteiger partial charge in [0.2, 0.25) is 0 Å².